The molecule has 0 saturated heterocycles. The summed E-state index contributed by atoms with van der Waals surface area (Å²) in [5.74, 6) is -0.502. The Labute approximate surface area is 143 Å². The summed E-state index contributed by atoms with van der Waals surface area (Å²) in [6.45, 7) is 0.201. The van der Waals surface area contributed by atoms with E-state index in [9.17, 15) is 9.18 Å². The minimum atomic E-state index is -0.443. The van der Waals surface area contributed by atoms with E-state index in [-0.39, 0.29) is 30.4 Å². The largest absolute Gasteiger partial charge is 0.363 e. The quantitative estimate of drug-likeness (QED) is 0.798. The van der Waals surface area contributed by atoms with Crippen LogP contribution in [-0.4, -0.2) is 23.0 Å². The standard InChI is InChI=1S/C17H19FN4OS/c18-14-9-8-20-17(23)13(9)15(12-6-3-7-24-12)22-16(14)21-11-5-2-1-4-10(11)19/h3,6-7,10-11H,1-2,4-5,8,19H2,(H,20,23)(H,21,22)/t10-,11?/m0/s1. The Morgan fingerprint density at radius 1 is 1.38 bits per heavy atom. The molecular formula is C17H19FN4OS. The van der Waals surface area contributed by atoms with E-state index in [1.807, 2.05) is 17.5 Å². The first kappa shape index (κ1) is 15.5. The molecule has 5 nitrogen and oxygen atoms in total. The van der Waals surface area contributed by atoms with Crippen LogP contribution in [0.1, 0.15) is 41.6 Å². The van der Waals surface area contributed by atoms with E-state index in [4.69, 9.17) is 5.73 Å². The van der Waals surface area contributed by atoms with Crippen LogP contribution in [0.2, 0.25) is 0 Å². The molecule has 1 fully saturated rings. The van der Waals surface area contributed by atoms with Crippen molar-refractivity contribution < 1.29 is 9.18 Å². The normalized spacial score (nSPS) is 23.0. The van der Waals surface area contributed by atoms with E-state index in [1.54, 1.807) is 0 Å². The number of thiophene rings is 1. The van der Waals surface area contributed by atoms with Gasteiger partial charge in [0, 0.05) is 24.2 Å². The number of anilines is 1. The third-order valence-corrected chi connectivity index (χ3v) is 5.66. The average molecular weight is 346 g/mol. The Balaban J connectivity index is 1.78. The van der Waals surface area contributed by atoms with Crippen molar-refractivity contribution in [2.24, 2.45) is 5.73 Å². The lowest BCUT2D eigenvalue weighted by molar-refractivity contribution is 0.0966. The molecule has 1 saturated carbocycles. The minimum Gasteiger partial charge on any atom is -0.363 e. The zero-order chi connectivity index (χ0) is 16.7. The molecule has 0 radical (unpaired) electrons. The van der Waals surface area contributed by atoms with E-state index in [0.717, 1.165) is 30.6 Å². The van der Waals surface area contributed by atoms with Crippen LogP contribution >= 0.6 is 11.3 Å². The molecule has 7 heteroatoms. The van der Waals surface area contributed by atoms with Crippen LogP contribution in [0, 0.1) is 5.82 Å². The highest BCUT2D eigenvalue weighted by molar-refractivity contribution is 7.13. The number of carbonyl (C=O) groups is 1. The number of hydrogen-bond donors (Lipinski definition) is 3. The first-order valence-electron chi connectivity index (χ1n) is 8.21. The number of fused-ring (bicyclic) bond motifs is 1. The third-order valence-electron chi connectivity index (χ3n) is 4.78. The molecule has 24 heavy (non-hydrogen) atoms. The molecule has 2 aliphatic rings. The second-order valence-electron chi connectivity index (χ2n) is 6.34. The van der Waals surface area contributed by atoms with Gasteiger partial charge in [-0.05, 0) is 24.3 Å². The maximum Gasteiger partial charge on any atom is 0.254 e. The molecule has 0 bridgehead atoms. The van der Waals surface area contributed by atoms with Crippen molar-refractivity contribution in [1.82, 2.24) is 10.3 Å². The van der Waals surface area contributed by atoms with Crippen LogP contribution in [0.15, 0.2) is 17.5 Å². The minimum absolute atomic E-state index is 0.00171. The molecule has 2 aromatic rings. The van der Waals surface area contributed by atoms with Crippen LogP contribution in [0.3, 0.4) is 0 Å². The zero-order valence-corrected chi connectivity index (χ0v) is 14.0. The molecule has 3 heterocycles. The van der Waals surface area contributed by atoms with Crippen LogP contribution in [0.4, 0.5) is 10.2 Å². The Hall–Kier alpha value is -1.99. The predicted octanol–water partition coefficient (Wildman–Crippen LogP) is 2.87. The van der Waals surface area contributed by atoms with Gasteiger partial charge in [-0.25, -0.2) is 9.37 Å². The number of amides is 1. The Morgan fingerprint density at radius 3 is 2.96 bits per heavy atom. The van der Waals surface area contributed by atoms with E-state index < -0.39 is 5.82 Å². The zero-order valence-electron chi connectivity index (χ0n) is 13.1. The first-order chi connectivity index (χ1) is 11.6. The fourth-order valence-electron chi connectivity index (χ4n) is 3.48. The summed E-state index contributed by atoms with van der Waals surface area (Å²) in [6, 6.07) is 3.81. The lowest BCUT2D eigenvalue weighted by Crippen LogP contribution is -2.43. The van der Waals surface area contributed by atoms with Gasteiger partial charge >= 0.3 is 0 Å². The van der Waals surface area contributed by atoms with Gasteiger partial charge in [-0.3, -0.25) is 4.79 Å². The summed E-state index contributed by atoms with van der Waals surface area (Å²) < 4.78 is 14.9. The smallest absolute Gasteiger partial charge is 0.254 e. The molecule has 2 atom stereocenters. The molecule has 1 aliphatic heterocycles. The summed E-state index contributed by atoms with van der Waals surface area (Å²) in [6.07, 6.45) is 4.03. The summed E-state index contributed by atoms with van der Waals surface area (Å²) in [4.78, 5) is 17.5. The summed E-state index contributed by atoms with van der Waals surface area (Å²) in [7, 11) is 0. The van der Waals surface area contributed by atoms with Crippen molar-refractivity contribution in [2.75, 3.05) is 5.32 Å². The number of carbonyl (C=O) groups excluding carboxylic acids is 1. The molecule has 1 amide bonds. The first-order valence-corrected chi connectivity index (χ1v) is 9.09. The summed E-state index contributed by atoms with van der Waals surface area (Å²) in [5.41, 5.74) is 7.46. The SMILES string of the molecule is N[C@H]1CCCCC1Nc1nc(-c2cccs2)c2c(c1F)CNC2=O. The number of nitrogens with zero attached hydrogens (tertiary/aromatic N) is 1. The fraction of sp³-hybridized carbons (Fsp3) is 0.412. The highest BCUT2D eigenvalue weighted by atomic mass is 32.1. The van der Waals surface area contributed by atoms with Gasteiger partial charge in [-0.1, -0.05) is 18.9 Å². The topological polar surface area (TPSA) is 80.0 Å². The van der Waals surface area contributed by atoms with Gasteiger partial charge in [0.15, 0.2) is 11.6 Å². The van der Waals surface area contributed by atoms with E-state index in [2.05, 4.69) is 15.6 Å². The second kappa shape index (κ2) is 6.14. The highest BCUT2D eigenvalue weighted by Gasteiger charge is 2.32. The predicted molar refractivity (Wildman–Crippen MR) is 92.5 cm³/mol. The summed E-state index contributed by atoms with van der Waals surface area (Å²) in [5, 5.41) is 7.82. The third kappa shape index (κ3) is 2.57. The van der Waals surface area contributed by atoms with Gasteiger partial charge in [0.1, 0.15) is 0 Å². The van der Waals surface area contributed by atoms with Crippen LogP contribution in [-0.2, 0) is 6.54 Å². The number of pyridine rings is 1. The lowest BCUT2D eigenvalue weighted by atomic mass is 9.91. The lowest BCUT2D eigenvalue weighted by Gasteiger charge is -2.30. The second-order valence-corrected chi connectivity index (χ2v) is 7.28. The van der Waals surface area contributed by atoms with Gasteiger partial charge in [-0.2, -0.15) is 0 Å². The van der Waals surface area contributed by atoms with Crippen molar-refractivity contribution >= 4 is 23.1 Å². The van der Waals surface area contributed by atoms with Crippen molar-refractivity contribution in [3.63, 3.8) is 0 Å². The van der Waals surface area contributed by atoms with Crippen molar-refractivity contribution in [1.29, 1.82) is 0 Å². The molecule has 0 spiro atoms. The maximum absolute atomic E-state index is 14.9. The molecule has 126 valence electrons. The van der Waals surface area contributed by atoms with Gasteiger partial charge < -0.3 is 16.4 Å². The van der Waals surface area contributed by atoms with Gasteiger partial charge in [0.05, 0.1) is 16.1 Å². The molecular weight excluding hydrogens is 327 g/mol. The highest BCUT2D eigenvalue weighted by Crippen LogP contribution is 2.35. The van der Waals surface area contributed by atoms with Crippen molar-refractivity contribution in [3.05, 3.63) is 34.5 Å². The van der Waals surface area contributed by atoms with E-state index >= 15 is 0 Å². The summed E-state index contributed by atoms with van der Waals surface area (Å²) >= 11 is 1.49. The number of aromatic nitrogens is 1. The molecule has 0 aromatic carbocycles. The number of nitrogens with one attached hydrogen (secondary N) is 2. The van der Waals surface area contributed by atoms with E-state index in [0.29, 0.717) is 16.8 Å². The molecule has 4 rings (SSSR count). The molecule has 2 aromatic heterocycles. The molecule has 1 unspecified atom stereocenters. The van der Waals surface area contributed by atoms with Crippen molar-refractivity contribution in [3.8, 4) is 10.6 Å². The fourth-order valence-corrected chi connectivity index (χ4v) is 4.20. The van der Waals surface area contributed by atoms with Gasteiger partial charge in [-0.15, -0.1) is 11.3 Å². The Bertz CT molecular complexity index is 777. The van der Waals surface area contributed by atoms with Crippen molar-refractivity contribution in [2.45, 2.75) is 44.3 Å². The van der Waals surface area contributed by atoms with Crippen LogP contribution in [0.25, 0.3) is 10.6 Å². The monoisotopic (exact) mass is 346 g/mol. The Morgan fingerprint density at radius 2 is 2.21 bits per heavy atom. The van der Waals surface area contributed by atoms with Crippen LogP contribution in [0.5, 0.6) is 0 Å². The number of halogens is 1. The number of nitrogens with two attached hydrogens (primary N) is 1. The Kier molecular flexibility index (Phi) is 3.97. The number of hydrogen-bond acceptors (Lipinski definition) is 5. The maximum atomic E-state index is 14.9. The van der Waals surface area contributed by atoms with Crippen LogP contribution < -0.4 is 16.4 Å². The number of rotatable bonds is 3. The molecule has 4 N–H and O–H groups in total. The van der Waals surface area contributed by atoms with Gasteiger partial charge in [0.2, 0.25) is 0 Å². The van der Waals surface area contributed by atoms with E-state index in [1.165, 1.54) is 11.3 Å². The molecule has 1 aliphatic carbocycles. The average Bonchev–Trinajstić information content (AvgIpc) is 3.23. The van der Waals surface area contributed by atoms with Gasteiger partial charge in [0.25, 0.3) is 5.91 Å².